The third-order valence-corrected chi connectivity index (χ3v) is 7.41. The van der Waals surface area contributed by atoms with Gasteiger partial charge in [0.15, 0.2) is 0 Å². The summed E-state index contributed by atoms with van der Waals surface area (Å²) in [4.78, 5) is 27.2. The fourth-order valence-corrected chi connectivity index (χ4v) is 5.16. The lowest BCUT2D eigenvalue weighted by molar-refractivity contribution is 0.0844. The largest absolute Gasteiger partial charge is 0.356 e. The molecular weight excluding hydrogens is 460 g/mol. The van der Waals surface area contributed by atoms with E-state index in [2.05, 4.69) is 31.8 Å². The highest BCUT2D eigenvalue weighted by molar-refractivity contribution is 9.10. The Bertz CT molecular complexity index is 999. The Balaban J connectivity index is 1.69. The second-order valence-electron chi connectivity index (χ2n) is 6.98. The second kappa shape index (κ2) is 9.10. The van der Waals surface area contributed by atoms with Crippen molar-refractivity contribution in [3.63, 3.8) is 0 Å². The van der Waals surface area contributed by atoms with E-state index in [1.165, 1.54) is 28.6 Å². The standard InChI is InChI=1S/C19H23BrN4O4S/c1-24(15-7-3-2-4-8-15)29(27,28)16-9-5-6-13(10-16)18(25)22-23-19(26)17-11-14(20)12-21-17/h5-6,9-12,15,21H,2-4,7-8H2,1H3,(H,22,25)(H,23,26). The molecule has 0 saturated heterocycles. The molecular formula is C19H23BrN4O4S. The van der Waals surface area contributed by atoms with Crippen molar-refractivity contribution in [3.8, 4) is 0 Å². The number of nitrogens with one attached hydrogen (secondary N) is 3. The summed E-state index contributed by atoms with van der Waals surface area (Å²) in [6.45, 7) is 0. The number of hydrogen-bond donors (Lipinski definition) is 3. The van der Waals surface area contributed by atoms with E-state index in [9.17, 15) is 18.0 Å². The molecule has 10 heteroatoms. The zero-order valence-electron chi connectivity index (χ0n) is 15.9. The minimum atomic E-state index is -3.71. The highest BCUT2D eigenvalue weighted by Gasteiger charge is 2.29. The van der Waals surface area contributed by atoms with Crippen LogP contribution in [-0.4, -0.2) is 42.6 Å². The number of aromatic amines is 1. The number of halogens is 1. The lowest BCUT2D eigenvalue weighted by atomic mass is 9.96. The predicted molar refractivity (Wildman–Crippen MR) is 112 cm³/mol. The number of aromatic nitrogens is 1. The molecule has 8 nitrogen and oxygen atoms in total. The molecule has 3 N–H and O–H groups in total. The summed E-state index contributed by atoms with van der Waals surface area (Å²) in [7, 11) is -2.12. The Labute approximate surface area is 178 Å². The fourth-order valence-electron chi connectivity index (χ4n) is 3.36. The molecule has 0 radical (unpaired) electrons. The first-order chi connectivity index (χ1) is 13.8. The van der Waals surface area contributed by atoms with Gasteiger partial charge in [0, 0.05) is 29.3 Å². The summed E-state index contributed by atoms with van der Waals surface area (Å²) in [6, 6.07) is 7.34. The van der Waals surface area contributed by atoms with Gasteiger partial charge in [0.25, 0.3) is 11.8 Å². The average molecular weight is 483 g/mol. The predicted octanol–water partition coefficient (Wildman–Crippen LogP) is 2.81. The molecule has 156 valence electrons. The van der Waals surface area contributed by atoms with Gasteiger partial charge in [0.05, 0.1) is 4.90 Å². The maximum atomic E-state index is 13.0. The van der Waals surface area contributed by atoms with Crippen LogP contribution in [-0.2, 0) is 10.0 Å². The molecule has 0 spiro atoms. The fraction of sp³-hybridized carbons (Fsp3) is 0.368. The molecule has 1 aliphatic carbocycles. The van der Waals surface area contributed by atoms with E-state index in [4.69, 9.17) is 0 Å². The molecule has 0 atom stereocenters. The Morgan fingerprint density at radius 2 is 1.79 bits per heavy atom. The van der Waals surface area contributed by atoms with Gasteiger partial charge in [-0.1, -0.05) is 25.3 Å². The number of rotatable bonds is 5. The number of carbonyl (C=O) groups is 2. The Kier molecular flexibility index (Phi) is 6.76. The topological polar surface area (TPSA) is 111 Å². The summed E-state index contributed by atoms with van der Waals surface area (Å²) in [6.07, 6.45) is 6.45. The van der Waals surface area contributed by atoms with E-state index in [1.54, 1.807) is 19.3 Å². The highest BCUT2D eigenvalue weighted by atomic mass is 79.9. The maximum absolute atomic E-state index is 13.0. The number of amides is 2. The Morgan fingerprint density at radius 3 is 2.45 bits per heavy atom. The molecule has 1 aliphatic rings. The van der Waals surface area contributed by atoms with Crippen molar-refractivity contribution in [1.82, 2.24) is 20.1 Å². The number of hydrazine groups is 1. The van der Waals surface area contributed by atoms with Gasteiger partial charge in [0.2, 0.25) is 10.0 Å². The summed E-state index contributed by atoms with van der Waals surface area (Å²) < 4.78 is 28.1. The normalized spacial score (nSPS) is 15.3. The van der Waals surface area contributed by atoms with Gasteiger partial charge in [0.1, 0.15) is 5.69 Å². The first-order valence-corrected chi connectivity index (χ1v) is 11.5. The van der Waals surface area contributed by atoms with Crippen LogP contribution in [0.3, 0.4) is 0 Å². The number of sulfonamides is 1. The van der Waals surface area contributed by atoms with Crippen molar-refractivity contribution in [2.75, 3.05) is 7.05 Å². The van der Waals surface area contributed by atoms with Crippen LogP contribution < -0.4 is 10.9 Å². The summed E-state index contributed by atoms with van der Waals surface area (Å²) in [5, 5.41) is 0. The maximum Gasteiger partial charge on any atom is 0.286 e. The van der Waals surface area contributed by atoms with Crippen LogP contribution in [0.4, 0.5) is 0 Å². The molecule has 1 aromatic heterocycles. The smallest absolute Gasteiger partial charge is 0.286 e. The zero-order chi connectivity index (χ0) is 21.0. The minimum Gasteiger partial charge on any atom is -0.356 e. The van der Waals surface area contributed by atoms with Crippen molar-refractivity contribution < 1.29 is 18.0 Å². The van der Waals surface area contributed by atoms with Crippen LogP contribution >= 0.6 is 15.9 Å². The van der Waals surface area contributed by atoms with Crippen molar-refractivity contribution in [2.45, 2.75) is 43.0 Å². The summed E-state index contributed by atoms with van der Waals surface area (Å²) in [5.74, 6) is -1.13. The van der Waals surface area contributed by atoms with Gasteiger partial charge in [-0.2, -0.15) is 4.31 Å². The molecule has 0 unspecified atom stereocenters. The molecule has 1 fully saturated rings. The highest BCUT2D eigenvalue weighted by Crippen LogP contribution is 2.26. The quantitative estimate of drug-likeness (QED) is 0.568. The van der Waals surface area contributed by atoms with Crippen LogP contribution in [0, 0.1) is 0 Å². The van der Waals surface area contributed by atoms with Crippen LogP contribution in [0.1, 0.15) is 53.0 Å². The number of nitrogens with zero attached hydrogens (tertiary/aromatic N) is 1. The number of carbonyl (C=O) groups excluding carboxylic acids is 2. The van der Waals surface area contributed by atoms with Crippen LogP contribution in [0.2, 0.25) is 0 Å². The van der Waals surface area contributed by atoms with E-state index < -0.39 is 21.8 Å². The van der Waals surface area contributed by atoms with E-state index >= 15 is 0 Å². The number of hydrogen-bond acceptors (Lipinski definition) is 4. The first kappa shape index (κ1) is 21.5. The molecule has 0 aliphatic heterocycles. The average Bonchev–Trinajstić information content (AvgIpc) is 3.18. The van der Waals surface area contributed by atoms with Gasteiger partial charge in [-0.15, -0.1) is 0 Å². The Morgan fingerprint density at radius 1 is 1.10 bits per heavy atom. The number of benzene rings is 1. The Hall–Kier alpha value is -2.17. The van der Waals surface area contributed by atoms with E-state index in [-0.39, 0.29) is 22.2 Å². The van der Waals surface area contributed by atoms with Crippen LogP contribution in [0.15, 0.2) is 45.9 Å². The molecule has 2 amide bonds. The monoisotopic (exact) mass is 482 g/mol. The molecule has 1 heterocycles. The van der Waals surface area contributed by atoms with Gasteiger partial charge in [-0.25, -0.2) is 8.42 Å². The lowest BCUT2D eigenvalue weighted by Crippen LogP contribution is -2.42. The SMILES string of the molecule is CN(C1CCCCC1)S(=O)(=O)c1cccc(C(=O)NNC(=O)c2cc(Br)c[nH]2)c1. The third-order valence-electron chi connectivity index (χ3n) is 5.04. The molecule has 3 rings (SSSR count). The van der Waals surface area contributed by atoms with Crippen molar-refractivity contribution in [1.29, 1.82) is 0 Å². The number of H-pyrrole nitrogens is 1. The zero-order valence-corrected chi connectivity index (χ0v) is 18.3. The van der Waals surface area contributed by atoms with Gasteiger partial charge in [-0.05, 0) is 53.0 Å². The van der Waals surface area contributed by atoms with Crippen LogP contribution in [0.25, 0.3) is 0 Å². The van der Waals surface area contributed by atoms with Crippen molar-refractivity contribution >= 4 is 37.8 Å². The molecule has 0 bridgehead atoms. The molecule has 29 heavy (non-hydrogen) atoms. The van der Waals surface area contributed by atoms with E-state index in [0.717, 1.165) is 32.1 Å². The van der Waals surface area contributed by atoms with Gasteiger partial charge < -0.3 is 4.98 Å². The first-order valence-electron chi connectivity index (χ1n) is 9.32. The summed E-state index contributed by atoms with van der Waals surface area (Å²) >= 11 is 3.22. The van der Waals surface area contributed by atoms with E-state index in [0.29, 0.717) is 4.47 Å². The van der Waals surface area contributed by atoms with Gasteiger partial charge in [-0.3, -0.25) is 20.4 Å². The molecule has 1 aromatic carbocycles. The third kappa shape index (κ3) is 5.06. The lowest BCUT2D eigenvalue weighted by Gasteiger charge is -2.30. The molecule has 2 aromatic rings. The summed E-state index contributed by atoms with van der Waals surface area (Å²) in [5.41, 5.74) is 4.99. The van der Waals surface area contributed by atoms with E-state index in [1.807, 2.05) is 0 Å². The minimum absolute atomic E-state index is 0.0226. The second-order valence-corrected chi connectivity index (χ2v) is 9.89. The van der Waals surface area contributed by atoms with Crippen LogP contribution in [0.5, 0.6) is 0 Å². The van der Waals surface area contributed by atoms with Gasteiger partial charge >= 0.3 is 0 Å². The molecule has 1 saturated carbocycles. The van der Waals surface area contributed by atoms with Crippen molar-refractivity contribution in [2.24, 2.45) is 0 Å². The van der Waals surface area contributed by atoms with Crippen molar-refractivity contribution in [3.05, 3.63) is 52.3 Å².